The number of likely N-dealkylation sites (tertiary alicyclic amines) is 1. The lowest BCUT2D eigenvalue weighted by Gasteiger charge is -2.34. The van der Waals surface area contributed by atoms with Gasteiger partial charge in [-0.05, 0) is 37.5 Å². The molecule has 1 aromatic carbocycles. The van der Waals surface area contributed by atoms with Gasteiger partial charge in [0.1, 0.15) is 11.3 Å². The number of nitrogens with zero attached hydrogens (tertiary/aromatic N) is 1. The van der Waals surface area contributed by atoms with E-state index in [9.17, 15) is 14.7 Å². The van der Waals surface area contributed by atoms with Crippen LogP contribution in [-0.4, -0.2) is 41.1 Å². The number of carboxylic acid groups (broad SMARTS) is 1. The van der Waals surface area contributed by atoms with Gasteiger partial charge in [0.15, 0.2) is 0 Å². The Morgan fingerprint density at radius 3 is 2.76 bits per heavy atom. The van der Waals surface area contributed by atoms with Crippen molar-refractivity contribution < 1.29 is 19.4 Å². The van der Waals surface area contributed by atoms with Crippen molar-refractivity contribution in [3.8, 4) is 5.75 Å². The van der Waals surface area contributed by atoms with Crippen LogP contribution in [0.1, 0.15) is 36.5 Å². The predicted molar refractivity (Wildman–Crippen MR) is 81.6 cm³/mol. The van der Waals surface area contributed by atoms with Crippen molar-refractivity contribution in [2.45, 2.75) is 31.7 Å². The largest absolute Gasteiger partial charge is 0.496 e. The lowest BCUT2D eigenvalue weighted by molar-refractivity contribution is -0.148. The number of carboxylic acids is 1. The van der Waals surface area contributed by atoms with Crippen LogP contribution in [0.5, 0.6) is 5.75 Å². The highest BCUT2D eigenvalue weighted by atomic mass is 79.9. The zero-order valence-corrected chi connectivity index (χ0v) is 13.6. The number of rotatable bonds is 4. The molecule has 1 unspecified atom stereocenters. The Kier molecular flexibility index (Phi) is 4.56. The fourth-order valence-electron chi connectivity index (χ4n) is 2.90. The molecule has 0 saturated carbocycles. The fourth-order valence-corrected chi connectivity index (χ4v) is 3.24. The monoisotopic (exact) mass is 355 g/mol. The van der Waals surface area contributed by atoms with Crippen molar-refractivity contribution in [2.75, 3.05) is 13.7 Å². The molecule has 1 aromatic rings. The first-order valence-corrected chi connectivity index (χ1v) is 7.64. The molecule has 0 radical (unpaired) electrons. The second-order valence-corrected chi connectivity index (χ2v) is 6.01. The van der Waals surface area contributed by atoms with Crippen molar-refractivity contribution in [2.24, 2.45) is 0 Å². The third-order valence-electron chi connectivity index (χ3n) is 4.11. The highest BCUT2D eigenvalue weighted by Crippen LogP contribution is 2.36. The van der Waals surface area contributed by atoms with Gasteiger partial charge in [0.05, 0.1) is 12.7 Å². The maximum atomic E-state index is 12.8. The SMILES string of the molecule is CCC1(C(=O)O)CCCN1C(=O)c1ccc(Br)cc1OC. The number of carbonyl (C=O) groups excluding carboxylic acids is 1. The minimum absolute atomic E-state index is 0.291. The van der Waals surface area contributed by atoms with E-state index in [-0.39, 0.29) is 5.91 Å². The Balaban J connectivity index is 2.42. The highest BCUT2D eigenvalue weighted by molar-refractivity contribution is 9.10. The minimum Gasteiger partial charge on any atom is -0.496 e. The molecule has 1 aliphatic rings. The maximum absolute atomic E-state index is 12.8. The van der Waals surface area contributed by atoms with Crippen molar-refractivity contribution in [3.05, 3.63) is 28.2 Å². The van der Waals surface area contributed by atoms with Crippen molar-refractivity contribution in [1.29, 1.82) is 0 Å². The molecule has 1 aliphatic heterocycles. The number of carbonyl (C=O) groups is 2. The van der Waals surface area contributed by atoms with Gasteiger partial charge in [-0.25, -0.2) is 4.79 Å². The van der Waals surface area contributed by atoms with Gasteiger partial charge in [-0.1, -0.05) is 22.9 Å². The fraction of sp³-hybridized carbons (Fsp3) is 0.467. The van der Waals surface area contributed by atoms with E-state index in [1.54, 1.807) is 25.1 Å². The summed E-state index contributed by atoms with van der Waals surface area (Å²) in [6.45, 7) is 2.26. The summed E-state index contributed by atoms with van der Waals surface area (Å²) in [5.41, 5.74) is -0.712. The van der Waals surface area contributed by atoms with Gasteiger partial charge in [-0.15, -0.1) is 0 Å². The number of benzene rings is 1. The molecule has 1 atom stereocenters. The lowest BCUT2D eigenvalue weighted by atomic mass is 9.92. The van der Waals surface area contributed by atoms with Gasteiger partial charge < -0.3 is 14.7 Å². The van der Waals surface area contributed by atoms with E-state index in [2.05, 4.69) is 15.9 Å². The topological polar surface area (TPSA) is 66.8 Å². The quantitative estimate of drug-likeness (QED) is 0.901. The molecular weight excluding hydrogens is 338 g/mol. The van der Waals surface area contributed by atoms with Crippen LogP contribution < -0.4 is 4.74 Å². The molecular formula is C15H18BrNO4. The van der Waals surface area contributed by atoms with Gasteiger partial charge in [-0.3, -0.25) is 4.79 Å². The van der Waals surface area contributed by atoms with Crippen LogP contribution in [0, 0.1) is 0 Å². The second kappa shape index (κ2) is 6.05. The van der Waals surface area contributed by atoms with E-state index in [1.807, 2.05) is 0 Å². The Labute approximate surface area is 132 Å². The molecule has 5 nitrogen and oxygen atoms in total. The number of ether oxygens (including phenoxy) is 1. The highest BCUT2D eigenvalue weighted by Gasteiger charge is 2.49. The number of methoxy groups -OCH3 is 1. The van der Waals surface area contributed by atoms with Crippen LogP contribution in [0.15, 0.2) is 22.7 Å². The normalized spacial score (nSPS) is 21.4. The third kappa shape index (κ3) is 2.64. The van der Waals surface area contributed by atoms with E-state index in [0.717, 1.165) is 4.47 Å². The van der Waals surface area contributed by atoms with E-state index >= 15 is 0 Å². The molecule has 2 rings (SSSR count). The van der Waals surface area contributed by atoms with Crippen molar-refractivity contribution >= 4 is 27.8 Å². The summed E-state index contributed by atoms with van der Waals surface area (Å²) in [7, 11) is 1.49. The molecule has 1 N–H and O–H groups in total. The Morgan fingerprint density at radius 2 is 2.19 bits per heavy atom. The Hall–Kier alpha value is -1.56. The Bertz CT molecular complexity index is 575. The summed E-state index contributed by atoms with van der Waals surface area (Å²) in [4.78, 5) is 25.9. The zero-order chi connectivity index (χ0) is 15.6. The van der Waals surface area contributed by atoms with Crippen LogP contribution in [0.25, 0.3) is 0 Å². The summed E-state index contributed by atoms with van der Waals surface area (Å²) < 4.78 is 6.05. The smallest absolute Gasteiger partial charge is 0.329 e. The second-order valence-electron chi connectivity index (χ2n) is 5.10. The van der Waals surface area contributed by atoms with Crippen LogP contribution in [0.3, 0.4) is 0 Å². The van der Waals surface area contributed by atoms with Crippen molar-refractivity contribution in [3.63, 3.8) is 0 Å². The van der Waals surface area contributed by atoms with Crippen LogP contribution in [0.2, 0.25) is 0 Å². The molecule has 114 valence electrons. The standard InChI is InChI=1S/C15H18BrNO4/c1-3-15(14(19)20)7-4-8-17(15)13(18)11-6-5-10(16)9-12(11)21-2/h5-6,9H,3-4,7-8H2,1-2H3,(H,19,20). The summed E-state index contributed by atoms with van der Waals surface area (Å²) in [6, 6.07) is 5.11. The van der Waals surface area contributed by atoms with Crippen LogP contribution >= 0.6 is 15.9 Å². The van der Waals surface area contributed by atoms with E-state index in [0.29, 0.717) is 37.1 Å². The third-order valence-corrected chi connectivity index (χ3v) is 4.60. The number of aliphatic carboxylic acids is 1. The predicted octanol–water partition coefficient (Wildman–Crippen LogP) is 2.93. The first-order valence-electron chi connectivity index (χ1n) is 6.85. The van der Waals surface area contributed by atoms with Gasteiger partial charge in [-0.2, -0.15) is 0 Å². The molecule has 6 heteroatoms. The number of amides is 1. The van der Waals surface area contributed by atoms with Crippen LogP contribution in [0.4, 0.5) is 0 Å². The van der Waals surface area contributed by atoms with E-state index in [4.69, 9.17) is 4.74 Å². The molecule has 0 aliphatic carbocycles. The van der Waals surface area contributed by atoms with Crippen molar-refractivity contribution in [1.82, 2.24) is 4.90 Å². The molecule has 0 spiro atoms. The van der Waals surface area contributed by atoms with Gasteiger partial charge in [0.25, 0.3) is 5.91 Å². The lowest BCUT2D eigenvalue weighted by Crippen LogP contribution is -2.52. The van der Waals surface area contributed by atoms with Gasteiger partial charge in [0.2, 0.25) is 0 Å². The molecule has 1 heterocycles. The zero-order valence-electron chi connectivity index (χ0n) is 12.1. The molecule has 0 bridgehead atoms. The minimum atomic E-state index is -1.10. The average molecular weight is 356 g/mol. The first-order chi connectivity index (χ1) is 9.96. The number of hydrogen-bond acceptors (Lipinski definition) is 3. The summed E-state index contributed by atoms with van der Waals surface area (Å²) >= 11 is 3.33. The average Bonchev–Trinajstić information content (AvgIpc) is 2.91. The number of halogens is 1. The number of hydrogen-bond donors (Lipinski definition) is 1. The summed E-state index contributed by atoms with van der Waals surface area (Å²) in [5.74, 6) is -0.787. The summed E-state index contributed by atoms with van der Waals surface area (Å²) in [6.07, 6.45) is 1.58. The van der Waals surface area contributed by atoms with E-state index in [1.165, 1.54) is 12.0 Å². The van der Waals surface area contributed by atoms with E-state index < -0.39 is 11.5 Å². The van der Waals surface area contributed by atoms with Crippen LogP contribution in [-0.2, 0) is 4.79 Å². The maximum Gasteiger partial charge on any atom is 0.329 e. The first kappa shape index (κ1) is 15.8. The van der Waals surface area contributed by atoms with Gasteiger partial charge in [0, 0.05) is 11.0 Å². The molecule has 1 amide bonds. The Morgan fingerprint density at radius 1 is 1.48 bits per heavy atom. The molecule has 1 fully saturated rings. The summed E-state index contributed by atoms with van der Waals surface area (Å²) in [5, 5.41) is 9.57. The molecule has 21 heavy (non-hydrogen) atoms. The molecule has 1 saturated heterocycles. The molecule has 0 aromatic heterocycles. The van der Waals surface area contributed by atoms with Gasteiger partial charge >= 0.3 is 5.97 Å².